The number of carbonyl (C=O) groups excluding carboxylic acids is 2. The van der Waals surface area contributed by atoms with Crippen molar-refractivity contribution in [3.63, 3.8) is 0 Å². The van der Waals surface area contributed by atoms with Gasteiger partial charge in [0.15, 0.2) is 0 Å². The van der Waals surface area contributed by atoms with Crippen molar-refractivity contribution in [1.29, 1.82) is 0 Å². The van der Waals surface area contributed by atoms with Crippen molar-refractivity contribution in [2.45, 2.75) is 32.3 Å². The maximum absolute atomic E-state index is 12.1. The zero-order valence-electron chi connectivity index (χ0n) is 12.3. The van der Waals surface area contributed by atoms with Crippen LogP contribution in [0.1, 0.15) is 40.1 Å². The van der Waals surface area contributed by atoms with Crippen molar-refractivity contribution in [2.75, 3.05) is 25.0 Å². The number of anilines is 1. The Morgan fingerprint density at radius 1 is 1.23 bits per heavy atom. The first-order chi connectivity index (χ1) is 10.6. The number of nitrogens with one attached hydrogen (secondary N) is 2. The van der Waals surface area contributed by atoms with E-state index in [-0.39, 0.29) is 6.03 Å². The Kier molecular flexibility index (Phi) is 4.60. The standard InChI is InChI=1S/C14H20N4O3S/c15-12(19)11-9-4-7-21-8-10(9)22-13(11)16-14(20)17-18-5-2-1-3-6-18/h1-8H2,(H2,15,19)(H2,16,17,20). The molecule has 4 N–H and O–H groups in total. The second-order valence-corrected chi connectivity index (χ2v) is 6.59. The molecule has 1 saturated heterocycles. The molecule has 0 aliphatic carbocycles. The summed E-state index contributed by atoms with van der Waals surface area (Å²) in [5.41, 5.74) is 9.65. The molecule has 2 aliphatic rings. The average molecular weight is 324 g/mol. The summed E-state index contributed by atoms with van der Waals surface area (Å²) in [5, 5.41) is 5.18. The number of rotatable bonds is 3. The minimum absolute atomic E-state index is 0.330. The van der Waals surface area contributed by atoms with Crippen molar-refractivity contribution in [3.8, 4) is 0 Å². The van der Waals surface area contributed by atoms with Crippen LogP contribution in [0.15, 0.2) is 0 Å². The van der Waals surface area contributed by atoms with Gasteiger partial charge < -0.3 is 10.5 Å². The van der Waals surface area contributed by atoms with Crippen LogP contribution >= 0.6 is 11.3 Å². The van der Waals surface area contributed by atoms with Crippen molar-refractivity contribution in [3.05, 3.63) is 16.0 Å². The Balaban J connectivity index is 1.72. The van der Waals surface area contributed by atoms with E-state index in [1.807, 2.05) is 5.01 Å². The molecule has 3 amide bonds. The monoisotopic (exact) mass is 324 g/mol. The van der Waals surface area contributed by atoms with Gasteiger partial charge in [-0.25, -0.2) is 9.80 Å². The van der Waals surface area contributed by atoms with Gasteiger partial charge in [0, 0.05) is 18.0 Å². The van der Waals surface area contributed by atoms with Crippen LogP contribution in [0, 0.1) is 0 Å². The van der Waals surface area contributed by atoms with Gasteiger partial charge in [-0.1, -0.05) is 6.42 Å². The van der Waals surface area contributed by atoms with E-state index in [1.165, 1.54) is 17.8 Å². The number of amides is 3. The predicted octanol–water partition coefficient (Wildman–Crippen LogP) is 1.44. The molecule has 0 saturated carbocycles. The largest absolute Gasteiger partial charge is 0.376 e. The van der Waals surface area contributed by atoms with E-state index in [2.05, 4.69) is 10.7 Å². The van der Waals surface area contributed by atoms with E-state index in [9.17, 15) is 9.59 Å². The highest BCUT2D eigenvalue weighted by atomic mass is 32.1. The Morgan fingerprint density at radius 3 is 2.73 bits per heavy atom. The number of hydrogen-bond donors (Lipinski definition) is 3. The summed E-state index contributed by atoms with van der Waals surface area (Å²) >= 11 is 1.36. The minimum atomic E-state index is -0.507. The first-order valence-electron chi connectivity index (χ1n) is 7.50. The van der Waals surface area contributed by atoms with Crippen molar-refractivity contribution in [1.82, 2.24) is 10.4 Å². The molecule has 0 radical (unpaired) electrons. The molecular formula is C14H20N4O3S. The number of hydrazine groups is 1. The third-order valence-electron chi connectivity index (χ3n) is 3.91. The first kappa shape index (κ1) is 15.3. The number of ether oxygens (including phenoxy) is 1. The van der Waals surface area contributed by atoms with E-state index >= 15 is 0 Å². The summed E-state index contributed by atoms with van der Waals surface area (Å²) in [6.45, 7) is 2.74. The van der Waals surface area contributed by atoms with Gasteiger partial charge in [0.1, 0.15) is 5.00 Å². The number of fused-ring (bicyclic) bond motifs is 1. The van der Waals surface area contributed by atoms with Gasteiger partial charge in [0.05, 0.1) is 18.8 Å². The molecule has 0 spiro atoms. The van der Waals surface area contributed by atoms with Gasteiger partial charge in [-0.3, -0.25) is 15.5 Å². The van der Waals surface area contributed by atoms with E-state index < -0.39 is 5.91 Å². The van der Waals surface area contributed by atoms with Crippen LogP contribution in [0.2, 0.25) is 0 Å². The van der Waals surface area contributed by atoms with Crippen LogP contribution in [0.3, 0.4) is 0 Å². The molecular weight excluding hydrogens is 304 g/mol. The molecule has 1 aromatic rings. The van der Waals surface area contributed by atoms with Gasteiger partial charge in [-0.2, -0.15) is 0 Å². The number of primary amides is 1. The fraction of sp³-hybridized carbons (Fsp3) is 0.571. The molecule has 0 bridgehead atoms. The van der Waals surface area contributed by atoms with Gasteiger partial charge >= 0.3 is 6.03 Å². The van der Waals surface area contributed by atoms with Crippen LogP contribution < -0.4 is 16.5 Å². The lowest BCUT2D eigenvalue weighted by Gasteiger charge is -2.26. The second-order valence-electron chi connectivity index (χ2n) is 5.49. The maximum atomic E-state index is 12.1. The third kappa shape index (κ3) is 3.23. The van der Waals surface area contributed by atoms with Gasteiger partial charge in [-0.15, -0.1) is 11.3 Å². The Bertz CT molecular complexity index is 581. The fourth-order valence-electron chi connectivity index (χ4n) is 2.86. The Labute approximate surface area is 132 Å². The van der Waals surface area contributed by atoms with Crippen molar-refractivity contribution in [2.24, 2.45) is 5.73 Å². The number of thiophene rings is 1. The lowest BCUT2D eigenvalue weighted by molar-refractivity contribution is 0.0991. The molecule has 7 nitrogen and oxygen atoms in total. The fourth-order valence-corrected chi connectivity index (χ4v) is 4.05. The number of hydrogen-bond acceptors (Lipinski definition) is 5. The van der Waals surface area contributed by atoms with Crippen LogP contribution in [-0.2, 0) is 17.8 Å². The second kappa shape index (κ2) is 6.64. The number of urea groups is 1. The maximum Gasteiger partial charge on any atom is 0.334 e. The minimum Gasteiger partial charge on any atom is -0.376 e. The molecule has 120 valence electrons. The van der Waals surface area contributed by atoms with E-state index in [0.717, 1.165) is 36.4 Å². The predicted molar refractivity (Wildman–Crippen MR) is 83.8 cm³/mol. The van der Waals surface area contributed by atoms with Crippen LogP contribution in [0.5, 0.6) is 0 Å². The smallest absolute Gasteiger partial charge is 0.334 e. The molecule has 0 unspecified atom stereocenters. The summed E-state index contributed by atoms with van der Waals surface area (Å²) in [4.78, 5) is 24.8. The van der Waals surface area contributed by atoms with Crippen molar-refractivity contribution < 1.29 is 14.3 Å². The summed E-state index contributed by atoms with van der Waals surface area (Å²) in [6.07, 6.45) is 4.01. The molecule has 3 heterocycles. The Morgan fingerprint density at radius 2 is 2.00 bits per heavy atom. The number of piperidine rings is 1. The molecule has 1 fully saturated rings. The first-order valence-corrected chi connectivity index (χ1v) is 8.31. The summed E-state index contributed by atoms with van der Waals surface area (Å²) in [5.74, 6) is -0.507. The SMILES string of the molecule is NC(=O)c1c(NC(=O)NN2CCCCC2)sc2c1CCOC2. The zero-order chi connectivity index (χ0) is 15.5. The average Bonchev–Trinajstić information content (AvgIpc) is 2.85. The van der Waals surface area contributed by atoms with Crippen LogP contribution in [0.4, 0.5) is 9.80 Å². The normalized spacial score (nSPS) is 18.5. The topological polar surface area (TPSA) is 96.7 Å². The number of nitrogens with zero attached hydrogens (tertiary/aromatic N) is 1. The summed E-state index contributed by atoms with van der Waals surface area (Å²) < 4.78 is 5.39. The summed E-state index contributed by atoms with van der Waals surface area (Å²) in [7, 11) is 0. The molecule has 2 aliphatic heterocycles. The summed E-state index contributed by atoms with van der Waals surface area (Å²) in [6, 6.07) is -0.330. The molecule has 22 heavy (non-hydrogen) atoms. The van der Waals surface area contributed by atoms with E-state index in [1.54, 1.807) is 0 Å². The van der Waals surface area contributed by atoms with Gasteiger partial charge in [-0.05, 0) is 24.8 Å². The Hall–Kier alpha value is -1.64. The lowest BCUT2D eigenvalue weighted by Crippen LogP contribution is -2.46. The molecule has 0 atom stereocenters. The molecule has 0 aromatic carbocycles. The number of carbonyl (C=O) groups is 2. The molecule has 1 aromatic heterocycles. The quantitative estimate of drug-likeness (QED) is 0.784. The molecule has 8 heteroatoms. The highest BCUT2D eigenvalue weighted by Crippen LogP contribution is 2.36. The van der Waals surface area contributed by atoms with Gasteiger partial charge in [0.25, 0.3) is 5.91 Å². The van der Waals surface area contributed by atoms with Crippen LogP contribution in [0.25, 0.3) is 0 Å². The van der Waals surface area contributed by atoms with E-state index in [0.29, 0.717) is 30.2 Å². The zero-order valence-corrected chi connectivity index (χ0v) is 13.1. The number of nitrogens with two attached hydrogens (primary N) is 1. The lowest BCUT2D eigenvalue weighted by atomic mass is 10.1. The van der Waals surface area contributed by atoms with Crippen molar-refractivity contribution >= 4 is 28.3 Å². The van der Waals surface area contributed by atoms with Gasteiger partial charge in [0.2, 0.25) is 0 Å². The highest BCUT2D eigenvalue weighted by Gasteiger charge is 2.25. The van der Waals surface area contributed by atoms with E-state index in [4.69, 9.17) is 10.5 Å². The third-order valence-corrected chi connectivity index (χ3v) is 5.03. The van der Waals surface area contributed by atoms with Crippen LogP contribution in [-0.4, -0.2) is 36.6 Å². The molecule has 3 rings (SSSR count). The highest BCUT2D eigenvalue weighted by molar-refractivity contribution is 7.17.